The number of benzene rings is 1. The predicted octanol–water partition coefficient (Wildman–Crippen LogP) is 3.43. The smallest absolute Gasteiger partial charge is 0.410 e. The third-order valence-corrected chi connectivity index (χ3v) is 6.79. The summed E-state index contributed by atoms with van der Waals surface area (Å²) in [6, 6.07) is 4.36. The van der Waals surface area contributed by atoms with Gasteiger partial charge in [-0.2, -0.15) is 0 Å². The molecule has 0 bridgehead atoms. The lowest BCUT2D eigenvalue weighted by atomic mass is 10.0. The number of nitrogens with one attached hydrogen (secondary N) is 2. The molecule has 1 atom stereocenters. The van der Waals surface area contributed by atoms with Crippen molar-refractivity contribution in [2.24, 2.45) is 0 Å². The van der Waals surface area contributed by atoms with E-state index in [1.54, 1.807) is 17.0 Å². The fraction of sp³-hybridized carbons (Fsp3) is 0.654. The van der Waals surface area contributed by atoms with Gasteiger partial charge in [-0.1, -0.05) is 0 Å². The molecule has 198 valence electrons. The van der Waals surface area contributed by atoms with E-state index in [1.165, 1.54) is 6.07 Å². The average Bonchev–Trinajstić information content (AvgIpc) is 2.81. The average molecular weight is 505 g/mol. The molecular formula is C26H37FN4O5. The maximum Gasteiger partial charge on any atom is 0.410 e. The number of amides is 3. The highest BCUT2D eigenvalue weighted by molar-refractivity contribution is 6.01. The van der Waals surface area contributed by atoms with Gasteiger partial charge in [-0.15, -0.1) is 0 Å². The Morgan fingerprint density at radius 1 is 1.03 bits per heavy atom. The van der Waals surface area contributed by atoms with Crippen LogP contribution in [0.4, 0.5) is 20.6 Å². The van der Waals surface area contributed by atoms with Crippen LogP contribution >= 0.6 is 0 Å². The number of imide groups is 1. The number of hydrogen-bond donors (Lipinski definition) is 2. The molecule has 2 N–H and O–H groups in total. The first kappa shape index (κ1) is 26.2. The maximum absolute atomic E-state index is 14.9. The molecular weight excluding hydrogens is 467 g/mol. The molecule has 9 nitrogen and oxygen atoms in total. The molecule has 3 saturated heterocycles. The number of likely N-dealkylation sites (tertiary alicyclic amines) is 1. The standard InChI is InChI=1S/C26H37FN4O5/c1-26(2,3)36-25(34)31-14-10-19(11-15-31)35-18-8-12-30(13-9-18)22-6-4-17(16-20(22)27)28-21-5-7-23(32)29-24(21)33/h4,6,16,18-19,21,28H,5,7-15H2,1-3H3,(H,29,32,33). The highest BCUT2D eigenvalue weighted by Crippen LogP contribution is 2.29. The third-order valence-electron chi connectivity index (χ3n) is 6.79. The second-order valence-corrected chi connectivity index (χ2v) is 10.8. The van der Waals surface area contributed by atoms with Crippen LogP contribution < -0.4 is 15.5 Å². The van der Waals surface area contributed by atoms with Crippen LogP contribution in [0.25, 0.3) is 0 Å². The molecule has 4 rings (SSSR count). The number of rotatable bonds is 5. The Kier molecular flexibility index (Phi) is 8.02. The van der Waals surface area contributed by atoms with Crippen LogP contribution in [0.2, 0.25) is 0 Å². The molecule has 3 fully saturated rings. The Bertz CT molecular complexity index is 966. The van der Waals surface area contributed by atoms with Gasteiger partial charge < -0.3 is 24.6 Å². The summed E-state index contributed by atoms with van der Waals surface area (Å²) in [4.78, 5) is 39.3. The van der Waals surface area contributed by atoms with Crippen molar-refractivity contribution in [3.05, 3.63) is 24.0 Å². The Balaban J connectivity index is 1.21. The number of anilines is 2. The van der Waals surface area contributed by atoms with Gasteiger partial charge in [-0.25, -0.2) is 9.18 Å². The molecule has 1 unspecified atom stereocenters. The molecule has 1 aromatic carbocycles. The van der Waals surface area contributed by atoms with Gasteiger partial charge in [0.25, 0.3) is 0 Å². The van der Waals surface area contributed by atoms with Gasteiger partial charge in [0, 0.05) is 38.3 Å². The fourth-order valence-corrected chi connectivity index (χ4v) is 4.89. The van der Waals surface area contributed by atoms with Crippen molar-refractivity contribution in [3.8, 4) is 0 Å². The summed E-state index contributed by atoms with van der Waals surface area (Å²) in [5, 5.41) is 5.32. The van der Waals surface area contributed by atoms with E-state index in [9.17, 15) is 18.8 Å². The van der Waals surface area contributed by atoms with Crippen LogP contribution in [0.1, 0.15) is 59.3 Å². The quantitative estimate of drug-likeness (QED) is 0.593. The number of carbonyl (C=O) groups excluding carboxylic acids is 3. The zero-order chi connectivity index (χ0) is 25.9. The number of halogens is 1. The summed E-state index contributed by atoms with van der Waals surface area (Å²) in [5.41, 5.74) is 0.553. The topological polar surface area (TPSA) is 100 Å². The SMILES string of the molecule is CC(C)(C)OC(=O)N1CCC(OC2CCN(c3ccc(NC4CCC(=O)NC4=O)cc3F)CC2)CC1. The van der Waals surface area contributed by atoms with Crippen molar-refractivity contribution >= 4 is 29.3 Å². The van der Waals surface area contributed by atoms with Crippen molar-refractivity contribution < 1.29 is 28.2 Å². The van der Waals surface area contributed by atoms with Crippen molar-refractivity contribution in [1.29, 1.82) is 0 Å². The number of ether oxygens (including phenoxy) is 2. The van der Waals surface area contributed by atoms with E-state index >= 15 is 0 Å². The number of carbonyl (C=O) groups is 3. The molecule has 0 aliphatic carbocycles. The van der Waals surface area contributed by atoms with E-state index in [1.807, 2.05) is 25.7 Å². The summed E-state index contributed by atoms with van der Waals surface area (Å²) < 4.78 is 26.7. The first-order chi connectivity index (χ1) is 17.1. The Morgan fingerprint density at radius 2 is 1.67 bits per heavy atom. The van der Waals surface area contributed by atoms with E-state index < -0.39 is 11.6 Å². The largest absolute Gasteiger partial charge is 0.444 e. The molecule has 10 heteroatoms. The van der Waals surface area contributed by atoms with Crippen LogP contribution in [0.5, 0.6) is 0 Å². The van der Waals surface area contributed by atoms with Crippen molar-refractivity contribution in [3.63, 3.8) is 0 Å². The Morgan fingerprint density at radius 3 is 2.25 bits per heavy atom. The molecule has 3 aliphatic heterocycles. The van der Waals surface area contributed by atoms with Gasteiger partial charge in [0.2, 0.25) is 11.8 Å². The van der Waals surface area contributed by atoms with Crippen molar-refractivity contribution in [1.82, 2.24) is 10.2 Å². The van der Waals surface area contributed by atoms with E-state index in [0.717, 1.165) is 25.7 Å². The first-order valence-corrected chi connectivity index (χ1v) is 12.9. The molecule has 36 heavy (non-hydrogen) atoms. The predicted molar refractivity (Wildman–Crippen MR) is 133 cm³/mol. The minimum Gasteiger partial charge on any atom is -0.444 e. The van der Waals surface area contributed by atoms with E-state index in [0.29, 0.717) is 44.0 Å². The second kappa shape index (κ2) is 11.0. The summed E-state index contributed by atoms with van der Waals surface area (Å²) in [6.45, 7) is 8.24. The number of piperidine rings is 3. The van der Waals surface area contributed by atoms with Crippen molar-refractivity contribution in [2.75, 3.05) is 36.4 Å². The lowest BCUT2D eigenvalue weighted by Gasteiger charge is -2.38. The fourth-order valence-electron chi connectivity index (χ4n) is 4.89. The van der Waals surface area contributed by atoms with Gasteiger partial charge in [0.1, 0.15) is 17.5 Å². The minimum atomic E-state index is -0.545. The normalized spacial score (nSPS) is 22.4. The molecule has 0 spiro atoms. The van der Waals surface area contributed by atoms with Crippen LogP contribution in [-0.4, -0.2) is 72.8 Å². The third kappa shape index (κ3) is 6.87. The number of nitrogens with zero attached hydrogens (tertiary/aromatic N) is 2. The van der Waals surface area contributed by atoms with Gasteiger partial charge in [0.15, 0.2) is 0 Å². The summed E-state index contributed by atoms with van der Waals surface area (Å²) in [5.74, 6) is -1.01. The summed E-state index contributed by atoms with van der Waals surface area (Å²) in [6.07, 6.45) is 3.82. The van der Waals surface area contributed by atoms with E-state index in [2.05, 4.69) is 10.6 Å². The maximum atomic E-state index is 14.9. The summed E-state index contributed by atoms with van der Waals surface area (Å²) in [7, 11) is 0. The van der Waals surface area contributed by atoms with Crippen LogP contribution in [0.15, 0.2) is 18.2 Å². The zero-order valence-electron chi connectivity index (χ0n) is 21.3. The van der Waals surface area contributed by atoms with Gasteiger partial charge in [-0.3, -0.25) is 14.9 Å². The molecule has 0 saturated carbocycles. The van der Waals surface area contributed by atoms with E-state index in [4.69, 9.17) is 9.47 Å². The molecule has 0 radical (unpaired) electrons. The zero-order valence-corrected chi connectivity index (χ0v) is 21.3. The molecule has 1 aromatic rings. The van der Waals surface area contributed by atoms with Crippen LogP contribution in [-0.2, 0) is 19.1 Å². The first-order valence-electron chi connectivity index (χ1n) is 12.9. The molecule has 0 aromatic heterocycles. The van der Waals surface area contributed by atoms with Crippen LogP contribution in [0.3, 0.4) is 0 Å². The van der Waals surface area contributed by atoms with Gasteiger partial charge in [-0.05, 0) is 71.1 Å². The lowest BCUT2D eigenvalue weighted by molar-refractivity contribution is -0.133. The molecule has 3 amide bonds. The van der Waals surface area contributed by atoms with Gasteiger partial charge in [0.05, 0.1) is 17.9 Å². The molecule has 3 heterocycles. The highest BCUT2D eigenvalue weighted by atomic mass is 19.1. The Labute approximate surface area is 211 Å². The molecule has 3 aliphatic rings. The van der Waals surface area contributed by atoms with Crippen LogP contribution in [0, 0.1) is 5.82 Å². The lowest BCUT2D eigenvalue weighted by Crippen LogP contribution is -2.47. The Hall–Kier alpha value is -2.88. The van der Waals surface area contributed by atoms with Crippen molar-refractivity contribution in [2.45, 2.75) is 83.1 Å². The highest BCUT2D eigenvalue weighted by Gasteiger charge is 2.30. The second-order valence-electron chi connectivity index (χ2n) is 10.8. The monoisotopic (exact) mass is 504 g/mol. The van der Waals surface area contributed by atoms with E-state index in [-0.39, 0.29) is 42.4 Å². The number of hydrogen-bond acceptors (Lipinski definition) is 7. The minimum absolute atomic E-state index is 0.120. The van der Waals surface area contributed by atoms with Gasteiger partial charge >= 0.3 is 6.09 Å². The summed E-state index contributed by atoms with van der Waals surface area (Å²) >= 11 is 0.